The molecule has 0 spiro atoms. The zero-order chi connectivity index (χ0) is 10.7. The number of aliphatic hydroxyl groups is 1. The minimum absolute atomic E-state index is 0.0652. The summed E-state index contributed by atoms with van der Waals surface area (Å²) in [5.41, 5.74) is 7.40. The molecule has 0 aromatic carbocycles. The van der Waals surface area contributed by atoms with E-state index in [1.54, 1.807) is 11.7 Å². The lowest BCUT2D eigenvalue weighted by Crippen LogP contribution is -2.20. The maximum atomic E-state index is 9.03. The minimum Gasteiger partial charge on any atom is -0.396 e. The lowest BCUT2D eigenvalue weighted by Gasteiger charge is -2.10. The van der Waals surface area contributed by atoms with Crippen molar-refractivity contribution >= 4 is 11.6 Å². The summed E-state index contributed by atoms with van der Waals surface area (Å²) in [5.74, 6) is 0.0652. The standard InChI is InChI=1S/C9H16ClN3O/c1-6-8(3-7(4-11)5-14)9(10)13(2)12-6/h7,14H,3-5,11H2,1-2H3. The molecule has 1 aromatic heterocycles. The third-order valence-electron chi connectivity index (χ3n) is 2.35. The van der Waals surface area contributed by atoms with E-state index in [9.17, 15) is 0 Å². The number of hydrogen-bond donors (Lipinski definition) is 2. The predicted octanol–water partition coefficient (Wildman–Crippen LogP) is 0.492. The van der Waals surface area contributed by atoms with Crippen LogP contribution in [-0.4, -0.2) is 28.0 Å². The second-order valence-corrected chi connectivity index (χ2v) is 3.82. The van der Waals surface area contributed by atoms with Crippen LogP contribution in [0, 0.1) is 12.8 Å². The van der Waals surface area contributed by atoms with Gasteiger partial charge >= 0.3 is 0 Å². The van der Waals surface area contributed by atoms with Crippen molar-refractivity contribution < 1.29 is 5.11 Å². The second-order valence-electron chi connectivity index (χ2n) is 3.47. The normalized spacial score (nSPS) is 13.2. The van der Waals surface area contributed by atoms with Crippen LogP contribution in [0.25, 0.3) is 0 Å². The first-order valence-corrected chi connectivity index (χ1v) is 4.96. The zero-order valence-electron chi connectivity index (χ0n) is 8.50. The van der Waals surface area contributed by atoms with E-state index in [1.807, 2.05) is 6.92 Å². The topological polar surface area (TPSA) is 64.1 Å². The van der Waals surface area contributed by atoms with Gasteiger partial charge < -0.3 is 10.8 Å². The first kappa shape index (κ1) is 11.5. The smallest absolute Gasteiger partial charge is 0.130 e. The lowest BCUT2D eigenvalue weighted by molar-refractivity contribution is 0.229. The summed E-state index contributed by atoms with van der Waals surface area (Å²) in [6, 6.07) is 0. The number of halogens is 1. The first-order valence-electron chi connectivity index (χ1n) is 4.59. The van der Waals surface area contributed by atoms with Gasteiger partial charge in [-0.1, -0.05) is 11.6 Å². The van der Waals surface area contributed by atoms with Crippen molar-refractivity contribution in [3.8, 4) is 0 Å². The van der Waals surface area contributed by atoms with E-state index >= 15 is 0 Å². The SMILES string of the molecule is Cc1nn(C)c(Cl)c1CC(CN)CO. The lowest BCUT2D eigenvalue weighted by atomic mass is 10.0. The number of rotatable bonds is 4. The van der Waals surface area contributed by atoms with Crippen LogP contribution in [0.2, 0.25) is 5.15 Å². The van der Waals surface area contributed by atoms with E-state index in [0.717, 1.165) is 11.3 Å². The van der Waals surface area contributed by atoms with E-state index < -0.39 is 0 Å². The number of nitrogens with zero attached hydrogens (tertiary/aromatic N) is 2. The molecule has 1 unspecified atom stereocenters. The molecule has 1 atom stereocenters. The highest BCUT2D eigenvalue weighted by molar-refractivity contribution is 6.30. The van der Waals surface area contributed by atoms with Gasteiger partial charge in [0.25, 0.3) is 0 Å². The molecule has 0 bridgehead atoms. The van der Waals surface area contributed by atoms with Gasteiger partial charge in [0.05, 0.1) is 5.69 Å². The van der Waals surface area contributed by atoms with Crippen molar-refractivity contribution in [2.24, 2.45) is 18.7 Å². The molecule has 1 rings (SSSR count). The van der Waals surface area contributed by atoms with Gasteiger partial charge in [-0.15, -0.1) is 0 Å². The van der Waals surface area contributed by atoms with Crippen molar-refractivity contribution in [3.63, 3.8) is 0 Å². The number of aryl methyl sites for hydroxylation is 2. The monoisotopic (exact) mass is 217 g/mol. The molecule has 0 aliphatic rings. The molecule has 0 fully saturated rings. The maximum Gasteiger partial charge on any atom is 0.130 e. The largest absolute Gasteiger partial charge is 0.396 e. The number of nitrogens with two attached hydrogens (primary N) is 1. The van der Waals surface area contributed by atoms with Crippen LogP contribution in [0.4, 0.5) is 0 Å². The third kappa shape index (κ3) is 2.26. The second kappa shape index (κ2) is 4.77. The minimum atomic E-state index is 0.0652. The molecule has 0 saturated heterocycles. The molecule has 0 aliphatic heterocycles. The summed E-state index contributed by atoms with van der Waals surface area (Å²) in [4.78, 5) is 0. The Balaban J connectivity index is 2.84. The molecule has 0 radical (unpaired) electrons. The summed E-state index contributed by atoms with van der Waals surface area (Å²) in [5, 5.41) is 13.9. The number of aliphatic hydroxyl groups excluding tert-OH is 1. The molecule has 14 heavy (non-hydrogen) atoms. The van der Waals surface area contributed by atoms with Crippen molar-refractivity contribution in [1.29, 1.82) is 0 Å². The molecule has 0 amide bonds. The maximum absolute atomic E-state index is 9.03. The van der Waals surface area contributed by atoms with E-state index in [4.69, 9.17) is 22.4 Å². The predicted molar refractivity (Wildman–Crippen MR) is 56.3 cm³/mol. The highest BCUT2D eigenvalue weighted by Gasteiger charge is 2.15. The van der Waals surface area contributed by atoms with Crippen LogP contribution in [0.1, 0.15) is 11.3 Å². The molecule has 4 nitrogen and oxygen atoms in total. The molecule has 80 valence electrons. The molecule has 1 aromatic rings. The summed E-state index contributed by atoms with van der Waals surface area (Å²) < 4.78 is 1.64. The van der Waals surface area contributed by atoms with Crippen molar-refractivity contribution in [3.05, 3.63) is 16.4 Å². The summed E-state index contributed by atoms with van der Waals surface area (Å²) >= 11 is 6.05. The Hall–Kier alpha value is -0.580. The molecular formula is C9H16ClN3O. The van der Waals surface area contributed by atoms with E-state index in [0.29, 0.717) is 18.1 Å². The zero-order valence-corrected chi connectivity index (χ0v) is 9.25. The Morgan fingerprint density at radius 2 is 2.29 bits per heavy atom. The fourth-order valence-electron chi connectivity index (χ4n) is 1.42. The van der Waals surface area contributed by atoms with Gasteiger partial charge in [0.2, 0.25) is 0 Å². The van der Waals surface area contributed by atoms with Crippen molar-refractivity contribution in [1.82, 2.24) is 9.78 Å². The number of aromatic nitrogens is 2. The Bertz CT molecular complexity index is 307. The van der Waals surface area contributed by atoms with E-state index in [-0.39, 0.29) is 12.5 Å². The van der Waals surface area contributed by atoms with Crippen LogP contribution in [0.5, 0.6) is 0 Å². The molecule has 0 aliphatic carbocycles. The van der Waals surface area contributed by atoms with Gasteiger partial charge in [0.15, 0.2) is 0 Å². The van der Waals surface area contributed by atoms with Gasteiger partial charge in [-0.3, -0.25) is 4.68 Å². The van der Waals surface area contributed by atoms with Gasteiger partial charge in [-0.2, -0.15) is 5.10 Å². The average molecular weight is 218 g/mol. The Morgan fingerprint density at radius 3 is 2.64 bits per heavy atom. The summed E-state index contributed by atoms with van der Waals surface area (Å²) in [7, 11) is 1.80. The molecular weight excluding hydrogens is 202 g/mol. The average Bonchev–Trinajstić information content (AvgIpc) is 2.40. The Labute approximate surface area is 88.7 Å². The first-order chi connectivity index (χ1) is 6.60. The fraction of sp³-hybridized carbons (Fsp3) is 0.667. The van der Waals surface area contributed by atoms with Gasteiger partial charge in [0, 0.05) is 19.2 Å². The van der Waals surface area contributed by atoms with Crippen molar-refractivity contribution in [2.45, 2.75) is 13.3 Å². The van der Waals surface area contributed by atoms with Crippen LogP contribution < -0.4 is 5.73 Å². The van der Waals surface area contributed by atoms with Gasteiger partial charge in [-0.05, 0) is 25.8 Å². The molecule has 3 N–H and O–H groups in total. The third-order valence-corrected chi connectivity index (χ3v) is 2.83. The molecule has 5 heteroatoms. The van der Waals surface area contributed by atoms with Crippen LogP contribution in [0.3, 0.4) is 0 Å². The van der Waals surface area contributed by atoms with E-state index in [2.05, 4.69) is 5.10 Å². The van der Waals surface area contributed by atoms with Crippen molar-refractivity contribution in [2.75, 3.05) is 13.2 Å². The van der Waals surface area contributed by atoms with Gasteiger partial charge in [0.1, 0.15) is 5.15 Å². The summed E-state index contributed by atoms with van der Waals surface area (Å²) in [6.07, 6.45) is 0.686. The Morgan fingerprint density at radius 1 is 1.64 bits per heavy atom. The summed E-state index contributed by atoms with van der Waals surface area (Å²) in [6.45, 7) is 2.45. The van der Waals surface area contributed by atoms with Crippen LogP contribution in [0.15, 0.2) is 0 Å². The highest BCUT2D eigenvalue weighted by Crippen LogP contribution is 2.21. The van der Waals surface area contributed by atoms with Crippen LogP contribution in [-0.2, 0) is 13.5 Å². The highest BCUT2D eigenvalue weighted by atomic mass is 35.5. The van der Waals surface area contributed by atoms with Gasteiger partial charge in [-0.25, -0.2) is 0 Å². The molecule has 0 saturated carbocycles. The Kier molecular flexibility index (Phi) is 3.92. The quantitative estimate of drug-likeness (QED) is 0.772. The molecule has 1 heterocycles. The van der Waals surface area contributed by atoms with E-state index in [1.165, 1.54) is 0 Å². The van der Waals surface area contributed by atoms with Crippen LogP contribution >= 0.6 is 11.6 Å². The fourth-order valence-corrected chi connectivity index (χ4v) is 1.67. The number of hydrogen-bond acceptors (Lipinski definition) is 3.